The second kappa shape index (κ2) is 7.24. The van der Waals surface area contributed by atoms with Gasteiger partial charge in [0.2, 0.25) is 0 Å². The number of benzene rings is 3. The largest absolute Gasteiger partial charge is 0.328 e. The number of rotatable bonds is 3. The van der Waals surface area contributed by atoms with Crippen LogP contribution in [-0.4, -0.2) is 25.2 Å². The molecule has 0 saturated heterocycles. The predicted octanol–water partition coefficient (Wildman–Crippen LogP) is 5.28. The van der Waals surface area contributed by atoms with Gasteiger partial charge in [-0.3, -0.25) is 4.79 Å². The first-order valence-electron chi connectivity index (χ1n) is 10.8. The average molecular weight is 419 g/mol. The molecule has 0 unspecified atom stereocenters. The van der Waals surface area contributed by atoms with Crippen molar-refractivity contribution in [1.82, 2.24) is 19.2 Å². The molecule has 0 spiro atoms. The highest BCUT2D eigenvalue weighted by Crippen LogP contribution is 2.32. The molecule has 5 aromatic rings. The van der Waals surface area contributed by atoms with Crippen LogP contribution in [0.1, 0.15) is 27.2 Å². The monoisotopic (exact) mass is 418 g/mol. The summed E-state index contributed by atoms with van der Waals surface area (Å²) in [5, 5.41) is 7.17. The normalized spacial score (nSPS) is 13.0. The summed E-state index contributed by atoms with van der Waals surface area (Å²) in [6.45, 7) is 3.14. The molecule has 3 heterocycles. The van der Waals surface area contributed by atoms with Crippen molar-refractivity contribution in [1.29, 1.82) is 0 Å². The van der Waals surface area contributed by atoms with Gasteiger partial charge in [0, 0.05) is 23.5 Å². The molecule has 0 bridgehead atoms. The number of aromatic nitrogens is 3. The summed E-state index contributed by atoms with van der Waals surface area (Å²) in [7, 11) is 0. The first-order valence-corrected chi connectivity index (χ1v) is 10.8. The Kier molecular flexibility index (Phi) is 4.21. The van der Waals surface area contributed by atoms with Crippen molar-refractivity contribution in [3.05, 3.63) is 114 Å². The zero-order chi connectivity index (χ0) is 21.7. The second-order valence-corrected chi connectivity index (χ2v) is 8.26. The molecule has 1 aliphatic heterocycles. The van der Waals surface area contributed by atoms with E-state index in [1.54, 1.807) is 0 Å². The Hall–Kier alpha value is -4.12. The topological polar surface area (TPSA) is 43.1 Å². The summed E-state index contributed by atoms with van der Waals surface area (Å²) in [5.41, 5.74) is 4.97. The lowest BCUT2D eigenvalue weighted by atomic mass is 10.1. The number of carbonyl (C=O) groups is 1. The summed E-state index contributed by atoms with van der Waals surface area (Å²) in [4.78, 5) is 15.2. The first kappa shape index (κ1) is 18.6. The van der Waals surface area contributed by atoms with Crippen LogP contribution in [0.4, 0.5) is 0 Å². The van der Waals surface area contributed by atoms with Crippen LogP contribution < -0.4 is 0 Å². The van der Waals surface area contributed by atoms with E-state index in [0.717, 1.165) is 39.1 Å². The molecule has 3 aromatic carbocycles. The highest BCUT2D eigenvalue weighted by molar-refractivity contribution is 5.98. The Bertz CT molecular complexity index is 1460. The van der Waals surface area contributed by atoms with Crippen LogP contribution in [-0.2, 0) is 13.1 Å². The number of fused-ring (bicyclic) bond motifs is 2. The molecule has 5 nitrogen and oxygen atoms in total. The van der Waals surface area contributed by atoms with Gasteiger partial charge in [-0.15, -0.1) is 0 Å². The van der Waals surface area contributed by atoms with Crippen LogP contribution in [0.25, 0.3) is 22.3 Å². The zero-order valence-corrected chi connectivity index (χ0v) is 17.8. The van der Waals surface area contributed by atoms with Crippen LogP contribution in [0.3, 0.4) is 0 Å². The van der Waals surface area contributed by atoms with Crippen LogP contribution in [0, 0.1) is 6.92 Å². The lowest BCUT2D eigenvalue weighted by molar-refractivity contribution is 0.0749. The van der Waals surface area contributed by atoms with Crippen LogP contribution in [0.15, 0.2) is 91.3 Å². The van der Waals surface area contributed by atoms with E-state index in [1.807, 2.05) is 82.6 Å². The van der Waals surface area contributed by atoms with Crippen LogP contribution in [0.2, 0.25) is 0 Å². The quantitative estimate of drug-likeness (QED) is 0.400. The summed E-state index contributed by atoms with van der Waals surface area (Å²) in [6.07, 6.45) is 4.06. The minimum atomic E-state index is 0.0367. The molecule has 156 valence electrons. The third-order valence-electron chi connectivity index (χ3n) is 6.21. The summed E-state index contributed by atoms with van der Waals surface area (Å²) in [5.74, 6) is 1.03. The minimum Gasteiger partial charge on any atom is -0.328 e. The van der Waals surface area contributed by atoms with E-state index in [-0.39, 0.29) is 5.91 Å². The fourth-order valence-corrected chi connectivity index (χ4v) is 4.56. The predicted molar refractivity (Wildman–Crippen MR) is 125 cm³/mol. The lowest BCUT2D eigenvalue weighted by Gasteiger charge is -2.18. The smallest absolute Gasteiger partial charge is 0.254 e. The highest BCUT2D eigenvalue weighted by Gasteiger charge is 2.32. The maximum atomic E-state index is 13.3. The molecule has 2 aromatic heterocycles. The Balaban J connectivity index is 1.39. The number of carbonyl (C=O) groups excluding carboxylic acids is 1. The molecular formula is C27H22N4O. The number of hydrogen-bond donors (Lipinski definition) is 0. The van der Waals surface area contributed by atoms with Crippen molar-refractivity contribution in [3.63, 3.8) is 0 Å². The standard InChI is InChI=1S/C27H22N4O/c1-19-8-2-5-11-25(19)31-26(29-14-6-7-15-29)23-17-30(18-24(23)28-31)27(32)22-13-12-20-9-3-4-10-21(20)16-22/h2-16H,17-18H2,1H3. The molecule has 0 fully saturated rings. The molecule has 0 atom stereocenters. The molecular weight excluding hydrogens is 396 g/mol. The summed E-state index contributed by atoms with van der Waals surface area (Å²) >= 11 is 0. The van der Waals surface area contributed by atoms with Gasteiger partial charge in [0.05, 0.1) is 24.5 Å². The van der Waals surface area contributed by atoms with Crippen LogP contribution in [0.5, 0.6) is 0 Å². The summed E-state index contributed by atoms with van der Waals surface area (Å²) < 4.78 is 4.10. The fraction of sp³-hybridized carbons (Fsp3) is 0.111. The van der Waals surface area contributed by atoms with Gasteiger partial charge in [-0.25, -0.2) is 4.68 Å². The number of aryl methyl sites for hydroxylation is 1. The van der Waals surface area contributed by atoms with E-state index >= 15 is 0 Å². The molecule has 1 amide bonds. The van der Waals surface area contributed by atoms with Gasteiger partial charge >= 0.3 is 0 Å². The molecule has 1 aliphatic rings. The van der Waals surface area contributed by atoms with E-state index in [0.29, 0.717) is 18.7 Å². The van der Waals surface area contributed by atoms with Crippen molar-refractivity contribution < 1.29 is 4.79 Å². The van der Waals surface area contributed by atoms with E-state index in [1.165, 1.54) is 0 Å². The van der Waals surface area contributed by atoms with Crippen molar-refractivity contribution >= 4 is 16.7 Å². The Morgan fingerprint density at radius 1 is 0.844 bits per heavy atom. The molecule has 6 rings (SSSR count). The van der Waals surface area contributed by atoms with Gasteiger partial charge in [0.1, 0.15) is 5.82 Å². The molecule has 0 radical (unpaired) electrons. The van der Waals surface area contributed by atoms with Crippen molar-refractivity contribution in [2.45, 2.75) is 20.0 Å². The molecule has 0 N–H and O–H groups in total. The Labute approximate surface area is 186 Å². The van der Waals surface area contributed by atoms with E-state index < -0.39 is 0 Å². The van der Waals surface area contributed by atoms with Gasteiger partial charge in [0.25, 0.3) is 5.91 Å². The fourth-order valence-electron chi connectivity index (χ4n) is 4.56. The van der Waals surface area contributed by atoms with E-state index in [4.69, 9.17) is 5.10 Å². The average Bonchev–Trinajstić information content (AvgIpc) is 3.55. The van der Waals surface area contributed by atoms with Gasteiger partial charge in [0.15, 0.2) is 0 Å². The Morgan fingerprint density at radius 3 is 2.41 bits per heavy atom. The molecule has 5 heteroatoms. The van der Waals surface area contributed by atoms with Gasteiger partial charge in [-0.05, 0) is 53.6 Å². The Morgan fingerprint density at radius 2 is 1.59 bits per heavy atom. The SMILES string of the molecule is Cc1ccccc1-n1nc2c(c1-n1cccc1)CN(C(=O)c1ccc3ccccc3c1)C2. The van der Waals surface area contributed by atoms with E-state index in [9.17, 15) is 4.79 Å². The maximum absolute atomic E-state index is 13.3. The number of amides is 1. The molecule has 32 heavy (non-hydrogen) atoms. The second-order valence-electron chi connectivity index (χ2n) is 8.26. The number of nitrogens with zero attached hydrogens (tertiary/aromatic N) is 4. The van der Waals surface area contributed by atoms with Crippen molar-refractivity contribution in [2.75, 3.05) is 0 Å². The third-order valence-corrected chi connectivity index (χ3v) is 6.21. The molecule has 0 saturated carbocycles. The zero-order valence-electron chi connectivity index (χ0n) is 17.8. The van der Waals surface area contributed by atoms with Crippen molar-refractivity contribution in [2.24, 2.45) is 0 Å². The third kappa shape index (κ3) is 2.94. The van der Waals surface area contributed by atoms with Crippen LogP contribution >= 0.6 is 0 Å². The summed E-state index contributed by atoms with van der Waals surface area (Å²) in [6, 6.07) is 26.3. The lowest BCUT2D eigenvalue weighted by Crippen LogP contribution is -2.26. The van der Waals surface area contributed by atoms with Gasteiger partial charge in [-0.1, -0.05) is 48.5 Å². The number of hydrogen-bond acceptors (Lipinski definition) is 2. The first-order chi connectivity index (χ1) is 15.7. The number of para-hydroxylation sites is 1. The maximum Gasteiger partial charge on any atom is 0.254 e. The van der Waals surface area contributed by atoms with E-state index in [2.05, 4.69) is 29.7 Å². The molecule has 0 aliphatic carbocycles. The van der Waals surface area contributed by atoms with Gasteiger partial charge < -0.3 is 9.47 Å². The van der Waals surface area contributed by atoms with Crippen molar-refractivity contribution in [3.8, 4) is 11.5 Å². The minimum absolute atomic E-state index is 0.0367. The van der Waals surface area contributed by atoms with Gasteiger partial charge in [-0.2, -0.15) is 5.10 Å². The highest BCUT2D eigenvalue weighted by atomic mass is 16.2.